The van der Waals surface area contributed by atoms with E-state index in [1.165, 1.54) is 63.7 Å². The van der Waals surface area contributed by atoms with Gasteiger partial charge in [-0.2, -0.15) is 0 Å². The molecule has 0 radical (unpaired) electrons. The van der Waals surface area contributed by atoms with E-state index in [0.717, 1.165) is 25.9 Å². The predicted octanol–water partition coefficient (Wildman–Crippen LogP) is 4.14. The Morgan fingerprint density at radius 1 is 1.04 bits per heavy atom. The molecule has 1 aromatic carbocycles. The molecule has 0 unspecified atom stereocenters. The molecule has 3 fully saturated rings. The first-order valence-electron chi connectivity index (χ1n) is 10.7. The molecule has 26 heavy (non-hydrogen) atoms. The zero-order valence-corrected chi connectivity index (χ0v) is 16.4. The number of hydrogen-bond acceptors (Lipinski definition) is 2. The third-order valence-corrected chi connectivity index (χ3v) is 7.00. The molecule has 2 saturated heterocycles. The zero-order chi connectivity index (χ0) is 18.0. The Hall–Kier alpha value is -1.35. The molecule has 1 saturated carbocycles. The minimum Gasteiger partial charge on any atom is -0.342 e. The molecule has 142 valence electrons. The van der Waals surface area contributed by atoms with Crippen LogP contribution in [0.2, 0.25) is 0 Å². The van der Waals surface area contributed by atoms with Crippen LogP contribution >= 0.6 is 0 Å². The summed E-state index contributed by atoms with van der Waals surface area (Å²) in [6.07, 6.45) is 9.82. The second kappa shape index (κ2) is 7.72. The van der Waals surface area contributed by atoms with Gasteiger partial charge in [0.1, 0.15) is 0 Å². The van der Waals surface area contributed by atoms with Gasteiger partial charge in [-0.25, -0.2) is 0 Å². The predicted molar refractivity (Wildman–Crippen MR) is 106 cm³/mol. The Bertz CT molecular complexity index is 618. The molecule has 1 amide bonds. The lowest BCUT2D eigenvalue weighted by atomic mass is 9.77. The normalized spacial score (nSPS) is 26.6. The molecule has 0 aromatic heterocycles. The van der Waals surface area contributed by atoms with Gasteiger partial charge in [0.05, 0.1) is 0 Å². The van der Waals surface area contributed by atoms with E-state index in [9.17, 15) is 4.79 Å². The summed E-state index contributed by atoms with van der Waals surface area (Å²) in [5.41, 5.74) is 3.27. The van der Waals surface area contributed by atoms with Crippen molar-refractivity contribution in [3.63, 3.8) is 0 Å². The number of hydrogen-bond donors (Lipinski definition) is 0. The van der Waals surface area contributed by atoms with Crippen LogP contribution in [0.5, 0.6) is 0 Å². The molecular weight excluding hydrogens is 320 g/mol. The van der Waals surface area contributed by atoms with Crippen LogP contribution in [0.15, 0.2) is 24.3 Å². The second-order valence-electron chi connectivity index (χ2n) is 9.04. The van der Waals surface area contributed by atoms with Crippen LogP contribution in [-0.2, 0) is 10.2 Å². The highest BCUT2D eigenvalue weighted by molar-refractivity contribution is 5.78. The monoisotopic (exact) mass is 354 g/mol. The summed E-state index contributed by atoms with van der Waals surface area (Å²) in [5, 5.41) is 0. The van der Waals surface area contributed by atoms with Gasteiger partial charge in [-0.15, -0.1) is 0 Å². The molecule has 2 heterocycles. The maximum atomic E-state index is 12.0. The first kappa shape index (κ1) is 18.0. The van der Waals surface area contributed by atoms with Crippen molar-refractivity contribution in [2.75, 3.05) is 32.7 Å². The highest BCUT2D eigenvalue weighted by Crippen LogP contribution is 2.42. The fraction of sp³-hybridized carbons (Fsp3) is 0.696. The molecule has 2 aliphatic heterocycles. The molecule has 0 N–H and O–H groups in total. The number of benzene rings is 1. The Morgan fingerprint density at radius 2 is 1.81 bits per heavy atom. The fourth-order valence-corrected chi connectivity index (χ4v) is 5.58. The van der Waals surface area contributed by atoms with Gasteiger partial charge in [0.25, 0.3) is 0 Å². The highest BCUT2D eigenvalue weighted by atomic mass is 16.2. The largest absolute Gasteiger partial charge is 0.342 e. The van der Waals surface area contributed by atoms with Crippen molar-refractivity contribution in [3.8, 4) is 0 Å². The molecule has 0 spiro atoms. The summed E-state index contributed by atoms with van der Waals surface area (Å²) < 4.78 is 0. The Morgan fingerprint density at radius 3 is 2.50 bits per heavy atom. The average Bonchev–Trinajstić information content (AvgIpc) is 3.26. The second-order valence-corrected chi connectivity index (χ2v) is 9.04. The molecule has 3 nitrogen and oxygen atoms in total. The minimum atomic E-state index is 0.360. The van der Waals surface area contributed by atoms with Crippen molar-refractivity contribution in [3.05, 3.63) is 35.4 Å². The molecule has 3 aliphatic rings. The van der Waals surface area contributed by atoms with E-state index in [1.807, 2.05) is 0 Å². The van der Waals surface area contributed by atoms with Gasteiger partial charge in [-0.1, -0.05) is 42.7 Å². The van der Waals surface area contributed by atoms with Crippen LogP contribution in [0.1, 0.15) is 62.5 Å². The molecule has 3 heteroatoms. The standard InChI is InChI=1S/C23H34N2O/c1-19-8-10-21(11-9-19)23(12-2-3-13-23)18-24-14-4-6-20(16-24)17-25-15-5-7-22(25)26/h8-11,20H,2-7,12-18H2,1H3/t20-/m0/s1. The van der Waals surface area contributed by atoms with E-state index < -0.39 is 0 Å². The Labute approximate surface area is 158 Å². The number of aryl methyl sites for hydroxylation is 1. The highest BCUT2D eigenvalue weighted by Gasteiger charge is 2.38. The number of nitrogens with zero attached hydrogens (tertiary/aromatic N) is 2. The summed E-state index contributed by atoms with van der Waals surface area (Å²) in [6.45, 7) is 7.78. The van der Waals surface area contributed by atoms with E-state index >= 15 is 0 Å². The van der Waals surface area contributed by atoms with Crippen molar-refractivity contribution < 1.29 is 4.79 Å². The first-order chi connectivity index (χ1) is 12.6. The van der Waals surface area contributed by atoms with Crippen LogP contribution in [0, 0.1) is 12.8 Å². The van der Waals surface area contributed by atoms with Crippen molar-refractivity contribution in [1.29, 1.82) is 0 Å². The van der Waals surface area contributed by atoms with E-state index in [2.05, 4.69) is 41.0 Å². The summed E-state index contributed by atoms with van der Waals surface area (Å²) in [6, 6.07) is 9.33. The number of piperidine rings is 1. The number of carbonyl (C=O) groups is 1. The van der Waals surface area contributed by atoms with E-state index in [4.69, 9.17) is 0 Å². The van der Waals surface area contributed by atoms with Crippen LogP contribution < -0.4 is 0 Å². The van der Waals surface area contributed by atoms with Crippen molar-refractivity contribution in [2.24, 2.45) is 5.92 Å². The van der Waals surface area contributed by atoms with E-state index in [0.29, 0.717) is 17.2 Å². The third-order valence-electron chi connectivity index (χ3n) is 7.00. The fourth-order valence-electron chi connectivity index (χ4n) is 5.58. The Balaban J connectivity index is 1.42. The van der Waals surface area contributed by atoms with Crippen molar-refractivity contribution in [1.82, 2.24) is 9.80 Å². The number of carbonyl (C=O) groups excluding carboxylic acids is 1. The van der Waals surface area contributed by atoms with Crippen molar-refractivity contribution in [2.45, 2.75) is 63.7 Å². The van der Waals surface area contributed by atoms with E-state index in [1.54, 1.807) is 5.56 Å². The van der Waals surface area contributed by atoms with E-state index in [-0.39, 0.29) is 0 Å². The number of likely N-dealkylation sites (tertiary alicyclic amines) is 2. The minimum absolute atomic E-state index is 0.360. The third kappa shape index (κ3) is 3.83. The maximum absolute atomic E-state index is 12.0. The van der Waals surface area contributed by atoms with Crippen LogP contribution in [-0.4, -0.2) is 48.4 Å². The molecular formula is C23H34N2O. The SMILES string of the molecule is Cc1ccc(C2(CN3CCC[C@H](CN4CCCC4=O)C3)CCCC2)cc1. The maximum Gasteiger partial charge on any atom is 0.222 e. The summed E-state index contributed by atoms with van der Waals surface area (Å²) in [4.78, 5) is 16.8. The van der Waals surface area contributed by atoms with Crippen molar-refractivity contribution >= 4 is 5.91 Å². The first-order valence-corrected chi connectivity index (χ1v) is 10.7. The van der Waals surface area contributed by atoms with Crippen LogP contribution in [0.25, 0.3) is 0 Å². The molecule has 1 atom stereocenters. The van der Waals surface area contributed by atoms with Gasteiger partial charge in [0.15, 0.2) is 0 Å². The summed E-state index contributed by atoms with van der Waals surface area (Å²) >= 11 is 0. The molecule has 1 aromatic rings. The number of amides is 1. The number of rotatable bonds is 5. The zero-order valence-electron chi connectivity index (χ0n) is 16.4. The van der Waals surface area contributed by atoms with Gasteiger partial charge in [0, 0.05) is 38.0 Å². The van der Waals surface area contributed by atoms with Crippen LogP contribution in [0.4, 0.5) is 0 Å². The average molecular weight is 355 g/mol. The Kier molecular flexibility index (Phi) is 5.35. The van der Waals surface area contributed by atoms with Gasteiger partial charge in [-0.05, 0) is 57.1 Å². The molecule has 0 bridgehead atoms. The van der Waals surface area contributed by atoms with Gasteiger partial charge in [-0.3, -0.25) is 4.79 Å². The lowest BCUT2D eigenvalue weighted by molar-refractivity contribution is -0.128. The summed E-state index contributed by atoms with van der Waals surface area (Å²) in [5.74, 6) is 1.05. The quantitative estimate of drug-likeness (QED) is 0.793. The van der Waals surface area contributed by atoms with Gasteiger partial charge < -0.3 is 9.80 Å². The van der Waals surface area contributed by atoms with Gasteiger partial charge in [0.2, 0.25) is 5.91 Å². The topological polar surface area (TPSA) is 23.6 Å². The summed E-state index contributed by atoms with van der Waals surface area (Å²) in [7, 11) is 0. The van der Waals surface area contributed by atoms with Gasteiger partial charge >= 0.3 is 0 Å². The lowest BCUT2D eigenvalue weighted by Crippen LogP contribution is -2.46. The smallest absolute Gasteiger partial charge is 0.222 e. The molecule has 4 rings (SSSR count). The lowest BCUT2D eigenvalue weighted by Gasteiger charge is -2.41. The molecule has 1 aliphatic carbocycles. The van der Waals surface area contributed by atoms with Crippen LogP contribution in [0.3, 0.4) is 0 Å².